The fourth-order valence-corrected chi connectivity index (χ4v) is 2.91. The molecule has 130 valence electrons. The standard InChI is InChI=1S/C21H17BrN2O2/c1-26-19-13-15(12-18(22)21(19)25)14-23-24-20(16-8-4-2-5-9-16)17-10-6-3-7-11-17/h2-14,25H,1H3/b23-14+. The first-order valence-corrected chi connectivity index (χ1v) is 8.76. The molecule has 0 bridgehead atoms. The number of benzene rings is 3. The molecule has 5 heteroatoms. The molecule has 4 nitrogen and oxygen atoms in total. The van der Waals surface area contributed by atoms with Crippen LogP contribution in [0.1, 0.15) is 16.7 Å². The molecule has 0 aliphatic carbocycles. The zero-order chi connectivity index (χ0) is 18.4. The topological polar surface area (TPSA) is 54.2 Å². The normalized spacial score (nSPS) is 10.7. The van der Waals surface area contributed by atoms with Crippen molar-refractivity contribution in [3.63, 3.8) is 0 Å². The fraction of sp³-hybridized carbons (Fsp3) is 0.0476. The Morgan fingerprint density at radius 3 is 2.08 bits per heavy atom. The Morgan fingerprint density at radius 2 is 1.54 bits per heavy atom. The van der Waals surface area contributed by atoms with Crippen LogP contribution in [0.3, 0.4) is 0 Å². The van der Waals surface area contributed by atoms with Crippen molar-refractivity contribution in [1.82, 2.24) is 0 Å². The third-order valence-corrected chi connectivity index (χ3v) is 4.33. The van der Waals surface area contributed by atoms with Crippen molar-refractivity contribution in [1.29, 1.82) is 0 Å². The van der Waals surface area contributed by atoms with Gasteiger partial charge in [0.25, 0.3) is 0 Å². The number of phenols is 1. The van der Waals surface area contributed by atoms with Crippen LogP contribution < -0.4 is 4.74 Å². The van der Waals surface area contributed by atoms with Gasteiger partial charge in [-0.05, 0) is 33.6 Å². The predicted octanol–water partition coefficient (Wildman–Crippen LogP) is 5.03. The molecule has 0 unspecified atom stereocenters. The second-order valence-corrected chi connectivity index (χ2v) is 6.33. The summed E-state index contributed by atoms with van der Waals surface area (Å²) in [6.07, 6.45) is 1.62. The molecule has 0 heterocycles. The van der Waals surface area contributed by atoms with Crippen molar-refractivity contribution in [2.75, 3.05) is 7.11 Å². The molecule has 1 N–H and O–H groups in total. The molecular formula is C21H17BrN2O2. The van der Waals surface area contributed by atoms with E-state index in [1.807, 2.05) is 60.7 Å². The van der Waals surface area contributed by atoms with Crippen molar-refractivity contribution in [3.8, 4) is 11.5 Å². The van der Waals surface area contributed by atoms with Gasteiger partial charge in [-0.15, -0.1) is 5.10 Å². The maximum atomic E-state index is 9.89. The Labute approximate surface area is 160 Å². The van der Waals surface area contributed by atoms with Crippen LogP contribution in [-0.4, -0.2) is 24.1 Å². The van der Waals surface area contributed by atoms with Gasteiger partial charge in [0, 0.05) is 11.1 Å². The minimum atomic E-state index is 0.0578. The highest BCUT2D eigenvalue weighted by Crippen LogP contribution is 2.34. The van der Waals surface area contributed by atoms with Gasteiger partial charge in [0.15, 0.2) is 11.5 Å². The highest BCUT2D eigenvalue weighted by atomic mass is 79.9. The molecule has 0 radical (unpaired) electrons. The van der Waals surface area contributed by atoms with E-state index in [4.69, 9.17) is 4.74 Å². The Balaban J connectivity index is 1.97. The van der Waals surface area contributed by atoms with Crippen molar-refractivity contribution >= 4 is 27.9 Å². The van der Waals surface area contributed by atoms with Gasteiger partial charge < -0.3 is 9.84 Å². The number of hydrogen-bond acceptors (Lipinski definition) is 4. The van der Waals surface area contributed by atoms with Gasteiger partial charge in [0.1, 0.15) is 5.71 Å². The van der Waals surface area contributed by atoms with E-state index < -0.39 is 0 Å². The smallest absolute Gasteiger partial charge is 0.172 e. The third kappa shape index (κ3) is 4.18. The molecule has 3 aromatic rings. The molecule has 0 aliphatic heterocycles. The fourth-order valence-electron chi connectivity index (χ4n) is 2.45. The maximum Gasteiger partial charge on any atom is 0.172 e. The van der Waals surface area contributed by atoms with Gasteiger partial charge in [0.2, 0.25) is 0 Å². The molecule has 0 saturated carbocycles. The van der Waals surface area contributed by atoms with E-state index in [2.05, 4.69) is 26.1 Å². The number of hydrogen-bond donors (Lipinski definition) is 1. The van der Waals surface area contributed by atoms with Crippen LogP contribution in [0.5, 0.6) is 11.5 Å². The molecule has 26 heavy (non-hydrogen) atoms. The van der Waals surface area contributed by atoms with Crippen LogP contribution in [0.2, 0.25) is 0 Å². The van der Waals surface area contributed by atoms with Crippen molar-refractivity contribution in [2.45, 2.75) is 0 Å². The van der Waals surface area contributed by atoms with Gasteiger partial charge in [-0.3, -0.25) is 0 Å². The van der Waals surface area contributed by atoms with E-state index in [0.717, 1.165) is 22.4 Å². The van der Waals surface area contributed by atoms with E-state index >= 15 is 0 Å². The second-order valence-electron chi connectivity index (χ2n) is 5.48. The van der Waals surface area contributed by atoms with Gasteiger partial charge in [-0.2, -0.15) is 5.10 Å². The lowest BCUT2D eigenvalue weighted by Crippen LogP contribution is -2.02. The SMILES string of the molecule is COc1cc(/C=N/N=C(c2ccccc2)c2ccccc2)cc(Br)c1O. The Bertz CT molecular complexity index is 897. The zero-order valence-corrected chi connectivity index (χ0v) is 15.7. The summed E-state index contributed by atoms with van der Waals surface area (Å²) in [7, 11) is 1.50. The molecule has 0 saturated heterocycles. The van der Waals surface area contributed by atoms with Crippen molar-refractivity contribution in [3.05, 3.63) is 94.0 Å². The first-order chi connectivity index (χ1) is 12.7. The average molecular weight is 409 g/mol. The van der Waals surface area contributed by atoms with Crippen LogP contribution >= 0.6 is 15.9 Å². The lowest BCUT2D eigenvalue weighted by molar-refractivity contribution is 0.372. The Morgan fingerprint density at radius 1 is 0.962 bits per heavy atom. The number of methoxy groups -OCH3 is 1. The average Bonchev–Trinajstić information content (AvgIpc) is 2.69. The lowest BCUT2D eigenvalue weighted by Gasteiger charge is -2.06. The lowest BCUT2D eigenvalue weighted by atomic mass is 10.0. The first kappa shape index (κ1) is 17.9. The van der Waals surface area contributed by atoms with E-state index in [0.29, 0.717) is 10.2 Å². The summed E-state index contributed by atoms with van der Waals surface area (Å²) in [6, 6.07) is 23.3. The van der Waals surface area contributed by atoms with Crippen LogP contribution in [0.25, 0.3) is 0 Å². The van der Waals surface area contributed by atoms with Crippen molar-refractivity contribution in [2.24, 2.45) is 10.2 Å². The summed E-state index contributed by atoms with van der Waals surface area (Å²) < 4.78 is 5.69. The molecular weight excluding hydrogens is 392 g/mol. The quantitative estimate of drug-likeness (QED) is 0.475. The third-order valence-electron chi connectivity index (χ3n) is 3.73. The van der Waals surface area contributed by atoms with Gasteiger partial charge in [0.05, 0.1) is 17.8 Å². The summed E-state index contributed by atoms with van der Waals surface area (Å²) in [4.78, 5) is 0. The van der Waals surface area contributed by atoms with Gasteiger partial charge >= 0.3 is 0 Å². The van der Waals surface area contributed by atoms with E-state index in [1.165, 1.54) is 7.11 Å². The summed E-state index contributed by atoms with van der Waals surface area (Å²) in [5.41, 5.74) is 3.52. The molecule has 0 atom stereocenters. The first-order valence-electron chi connectivity index (χ1n) is 7.97. The molecule has 3 rings (SSSR count). The summed E-state index contributed by atoms with van der Waals surface area (Å²) in [5.74, 6) is 0.429. The van der Waals surface area contributed by atoms with Crippen LogP contribution in [0, 0.1) is 0 Å². The number of halogens is 1. The summed E-state index contributed by atoms with van der Waals surface area (Å²) in [5, 5.41) is 18.6. The van der Waals surface area contributed by atoms with Crippen LogP contribution in [0.4, 0.5) is 0 Å². The monoisotopic (exact) mass is 408 g/mol. The number of ether oxygens (including phenoxy) is 1. The predicted molar refractivity (Wildman–Crippen MR) is 108 cm³/mol. The maximum absolute atomic E-state index is 9.89. The minimum absolute atomic E-state index is 0.0578. The second kappa shape index (κ2) is 8.45. The minimum Gasteiger partial charge on any atom is -0.503 e. The van der Waals surface area contributed by atoms with Crippen LogP contribution in [0.15, 0.2) is 87.5 Å². The number of aromatic hydroxyl groups is 1. The molecule has 0 amide bonds. The summed E-state index contributed by atoms with van der Waals surface area (Å²) >= 11 is 3.30. The Hall–Kier alpha value is -2.92. The highest BCUT2D eigenvalue weighted by Gasteiger charge is 2.08. The Kier molecular flexibility index (Phi) is 5.81. The molecule has 0 spiro atoms. The molecule has 3 aromatic carbocycles. The summed E-state index contributed by atoms with van der Waals surface area (Å²) in [6.45, 7) is 0. The van der Waals surface area contributed by atoms with Crippen LogP contribution in [-0.2, 0) is 0 Å². The van der Waals surface area contributed by atoms with Gasteiger partial charge in [-0.25, -0.2) is 0 Å². The van der Waals surface area contributed by atoms with E-state index in [1.54, 1.807) is 18.3 Å². The zero-order valence-electron chi connectivity index (χ0n) is 14.1. The number of nitrogens with zero attached hydrogens (tertiary/aromatic N) is 2. The van der Waals surface area contributed by atoms with Crippen molar-refractivity contribution < 1.29 is 9.84 Å². The number of rotatable bonds is 5. The number of phenolic OH excluding ortho intramolecular Hbond substituents is 1. The highest BCUT2D eigenvalue weighted by molar-refractivity contribution is 9.10. The largest absolute Gasteiger partial charge is 0.503 e. The van der Waals surface area contributed by atoms with E-state index in [-0.39, 0.29) is 5.75 Å². The molecule has 0 aliphatic rings. The van der Waals surface area contributed by atoms with E-state index in [9.17, 15) is 5.11 Å². The molecule has 0 fully saturated rings. The van der Waals surface area contributed by atoms with Gasteiger partial charge in [-0.1, -0.05) is 60.7 Å². The molecule has 0 aromatic heterocycles.